The molecule has 0 N–H and O–H groups in total. The van der Waals surface area contributed by atoms with Gasteiger partial charge >= 0.3 is 0 Å². The number of sulfonamides is 1. The van der Waals surface area contributed by atoms with Gasteiger partial charge in [-0.1, -0.05) is 5.21 Å². The summed E-state index contributed by atoms with van der Waals surface area (Å²) < 4.78 is 47.0. The lowest BCUT2D eigenvalue weighted by atomic mass is 10.2. The first-order valence-corrected chi connectivity index (χ1v) is 9.50. The lowest BCUT2D eigenvalue weighted by Gasteiger charge is -2.37. The number of benzene rings is 1. The highest BCUT2D eigenvalue weighted by atomic mass is 32.2. The Balaban J connectivity index is 1.46. The highest BCUT2D eigenvalue weighted by Gasteiger charge is 2.39. The number of hydrogen-bond acceptors (Lipinski definition) is 7. The fraction of sp³-hybridized carbons (Fsp3) is 0.333. The average Bonchev–Trinajstić information content (AvgIpc) is 3.26. The van der Waals surface area contributed by atoms with Crippen LogP contribution in [0.2, 0.25) is 0 Å². The molecule has 0 bridgehead atoms. The number of hydrogen-bond donors (Lipinski definition) is 0. The lowest BCUT2D eigenvalue weighted by Crippen LogP contribution is -2.50. The van der Waals surface area contributed by atoms with E-state index < -0.39 is 15.8 Å². The first-order chi connectivity index (χ1) is 13.0. The van der Waals surface area contributed by atoms with Crippen molar-refractivity contribution in [2.45, 2.75) is 17.5 Å². The molecule has 1 aliphatic rings. The van der Waals surface area contributed by atoms with Crippen LogP contribution in [0, 0.1) is 5.82 Å². The van der Waals surface area contributed by atoms with E-state index in [1.54, 1.807) is 23.3 Å². The molecule has 3 heterocycles. The quantitative estimate of drug-likeness (QED) is 0.593. The van der Waals surface area contributed by atoms with Crippen molar-refractivity contribution in [3.05, 3.63) is 48.3 Å². The van der Waals surface area contributed by atoms with Crippen LogP contribution < -0.4 is 4.74 Å². The number of aromatic nitrogens is 6. The molecule has 0 unspecified atom stereocenters. The van der Waals surface area contributed by atoms with E-state index in [1.165, 1.54) is 22.3 Å². The van der Waals surface area contributed by atoms with Gasteiger partial charge in [0.1, 0.15) is 28.7 Å². The fourth-order valence-corrected chi connectivity index (χ4v) is 4.49. The number of halogens is 1. The van der Waals surface area contributed by atoms with Gasteiger partial charge in [-0.3, -0.25) is 0 Å². The Kier molecular flexibility index (Phi) is 4.36. The van der Waals surface area contributed by atoms with E-state index in [-0.39, 0.29) is 29.8 Å². The molecule has 12 heteroatoms. The molecule has 1 aromatic carbocycles. The smallest absolute Gasteiger partial charge is 0.247 e. The van der Waals surface area contributed by atoms with E-state index in [9.17, 15) is 12.8 Å². The zero-order valence-electron chi connectivity index (χ0n) is 14.3. The van der Waals surface area contributed by atoms with Crippen molar-refractivity contribution < 1.29 is 17.5 Å². The van der Waals surface area contributed by atoms with Gasteiger partial charge in [-0.15, -0.1) is 5.10 Å². The van der Waals surface area contributed by atoms with E-state index in [4.69, 9.17) is 4.74 Å². The molecule has 0 radical (unpaired) electrons. The summed E-state index contributed by atoms with van der Waals surface area (Å²) in [7, 11) is -2.52. The number of rotatable bonds is 6. The molecule has 0 spiro atoms. The number of ether oxygens (including phenoxy) is 1. The summed E-state index contributed by atoms with van der Waals surface area (Å²) in [6, 6.07) is 3.27. The highest BCUT2D eigenvalue weighted by molar-refractivity contribution is 7.89. The molecule has 1 aliphatic heterocycles. The van der Waals surface area contributed by atoms with Crippen LogP contribution in [0.3, 0.4) is 0 Å². The SMILES string of the molecule is COc1ccc(F)cc1S(=O)(=O)N1CC(n2cc(Cn3nccn3)nn2)C1. The summed E-state index contributed by atoms with van der Waals surface area (Å²) in [6.45, 7) is 0.803. The van der Waals surface area contributed by atoms with Gasteiger partial charge in [0.25, 0.3) is 0 Å². The maximum absolute atomic E-state index is 13.5. The zero-order valence-corrected chi connectivity index (χ0v) is 15.1. The predicted octanol–water partition coefficient (Wildman–Crippen LogP) is 0.311. The standard InChI is InChI=1S/C15H16FN7O3S/c1-26-14-3-2-11(16)6-15(14)27(24,25)21-9-13(10-21)22-7-12(19-20-22)8-23-17-4-5-18-23/h2-7,13H,8-10H2,1H3. The molecule has 4 rings (SSSR count). The van der Waals surface area contributed by atoms with Crippen LogP contribution in [0.15, 0.2) is 41.7 Å². The molecule has 3 aromatic rings. The predicted molar refractivity (Wildman–Crippen MR) is 89.9 cm³/mol. The van der Waals surface area contributed by atoms with Gasteiger partial charge in [0.15, 0.2) is 0 Å². The van der Waals surface area contributed by atoms with E-state index in [0.29, 0.717) is 12.2 Å². The van der Waals surface area contributed by atoms with Gasteiger partial charge in [0.2, 0.25) is 10.0 Å². The molecule has 142 valence electrons. The zero-order chi connectivity index (χ0) is 19.0. The van der Waals surface area contributed by atoms with Gasteiger partial charge in [-0.05, 0) is 18.2 Å². The maximum atomic E-state index is 13.5. The minimum Gasteiger partial charge on any atom is -0.495 e. The molecular formula is C15H16FN7O3S. The third kappa shape index (κ3) is 3.28. The Morgan fingerprint density at radius 3 is 2.70 bits per heavy atom. The summed E-state index contributed by atoms with van der Waals surface area (Å²) >= 11 is 0. The van der Waals surface area contributed by atoms with Crippen molar-refractivity contribution in [1.29, 1.82) is 0 Å². The molecule has 0 atom stereocenters. The Hall–Kier alpha value is -2.86. The van der Waals surface area contributed by atoms with Crippen LogP contribution in [-0.2, 0) is 16.6 Å². The first-order valence-electron chi connectivity index (χ1n) is 8.06. The fourth-order valence-electron chi connectivity index (χ4n) is 2.81. The molecule has 27 heavy (non-hydrogen) atoms. The van der Waals surface area contributed by atoms with Crippen molar-refractivity contribution >= 4 is 10.0 Å². The molecule has 1 saturated heterocycles. The summed E-state index contributed by atoms with van der Waals surface area (Å²) in [5.41, 5.74) is 0.666. The molecule has 0 aliphatic carbocycles. The summed E-state index contributed by atoms with van der Waals surface area (Å²) in [5, 5.41) is 16.1. The van der Waals surface area contributed by atoms with Crippen LogP contribution in [0.25, 0.3) is 0 Å². The Bertz CT molecular complexity index is 1050. The van der Waals surface area contributed by atoms with Gasteiger partial charge < -0.3 is 4.74 Å². The first kappa shape index (κ1) is 17.5. The Morgan fingerprint density at radius 1 is 1.26 bits per heavy atom. The third-order valence-corrected chi connectivity index (χ3v) is 6.13. The van der Waals surface area contributed by atoms with Crippen LogP contribution in [0.4, 0.5) is 4.39 Å². The summed E-state index contributed by atoms with van der Waals surface area (Å²) in [6.07, 6.45) is 4.88. The Morgan fingerprint density at radius 2 is 2.00 bits per heavy atom. The van der Waals surface area contributed by atoms with Crippen molar-refractivity contribution in [3.63, 3.8) is 0 Å². The molecule has 0 amide bonds. The van der Waals surface area contributed by atoms with E-state index in [1.807, 2.05) is 0 Å². The maximum Gasteiger partial charge on any atom is 0.247 e. The average molecular weight is 393 g/mol. The largest absolute Gasteiger partial charge is 0.495 e. The minimum absolute atomic E-state index is 0.106. The van der Waals surface area contributed by atoms with Crippen molar-refractivity contribution in [3.8, 4) is 5.75 Å². The van der Waals surface area contributed by atoms with Crippen LogP contribution in [0.5, 0.6) is 5.75 Å². The van der Waals surface area contributed by atoms with Gasteiger partial charge in [-0.25, -0.2) is 17.5 Å². The third-order valence-electron chi connectivity index (χ3n) is 4.27. The van der Waals surface area contributed by atoms with Crippen molar-refractivity contribution in [2.24, 2.45) is 0 Å². The number of nitrogens with zero attached hydrogens (tertiary/aromatic N) is 7. The second kappa shape index (κ2) is 6.70. The van der Waals surface area contributed by atoms with Gasteiger partial charge in [0, 0.05) is 13.1 Å². The van der Waals surface area contributed by atoms with E-state index in [2.05, 4.69) is 20.5 Å². The molecule has 2 aromatic heterocycles. The van der Waals surface area contributed by atoms with Crippen LogP contribution >= 0.6 is 0 Å². The van der Waals surface area contributed by atoms with Gasteiger partial charge in [0.05, 0.1) is 31.7 Å². The van der Waals surface area contributed by atoms with Crippen molar-refractivity contribution in [2.75, 3.05) is 20.2 Å². The normalized spacial score (nSPS) is 15.6. The molecular weight excluding hydrogens is 377 g/mol. The van der Waals surface area contributed by atoms with Crippen LogP contribution in [-0.4, -0.2) is 62.9 Å². The van der Waals surface area contributed by atoms with E-state index in [0.717, 1.165) is 12.1 Å². The monoisotopic (exact) mass is 393 g/mol. The topological polar surface area (TPSA) is 108 Å². The van der Waals surface area contributed by atoms with Crippen molar-refractivity contribution in [1.82, 2.24) is 34.3 Å². The summed E-state index contributed by atoms with van der Waals surface area (Å²) in [4.78, 5) is 1.29. The van der Waals surface area contributed by atoms with Gasteiger partial charge in [-0.2, -0.15) is 19.3 Å². The molecule has 1 fully saturated rings. The molecule has 0 saturated carbocycles. The number of methoxy groups -OCH3 is 1. The van der Waals surface area contributed by atoms with Crippen LogP contribution in [0.1, 0.15) is 11.7 Å². The Labute approximate surface area is 154 Å². The molecule has 10 nitrogen and oxygen atoms in total. The highest BCUT2D eigenvalue weighted by Crippen LogP contribution is 2.32. The second-order valence-corrected chi connectivity index (χ2v) is 7.93. The summed E-state index contributed by atoms with van der Waals surface area (Å²) in [5.74, 6) is -0.533. The minimum atomic E-state index is -3.86. The lowest BCUT2D eigenvalue weighted by molar-refractivity contribution is 0.188. The van der Waals surface area contributed by atoms with E-state index >= 15 is 0 Å². The second-order valence-electron chi connectivity index (χ2n) is 6.02.